The number of anilines is 1. The summed E-state index contributed by atoms with van der Waals surface area (Å²) in [6.07, 6.45) is 9.61. The smallest absolute Gasteiger partial charge is 0.0599 e. The van der Waals surface area contributed by atoms with Crippen molar-refractivity contribution in [1.82, 2.24) is 15.2 Å². The number of piperazine rings is 1. The Morgan fingerprint density at radius 1 is 1.20 bits per heavy atom. The summed E-state index contributed by atoms with van der Waals surface area (Å²) >= 11 is 0. The highest BCUT2D eigenvalue weighted by molar-refractivity contribution is 5.52. The van der Waals surface area contributed by atoms with Gasteiger partial charge in [0.15, 0.2) is 0 Å². The van der Waals surface area contributed by atoms with E-state index in [1.54, 1.807) is 0 Å². The van der Waals surface area contributed by atoms with Crippen LogP contribution in [0.1, 0.15) is 31.2 Å². The van der Waals surface area contributed by atoms with E-state index in [0.29, 0.717) is 0 Å². The SMILES string of the molecule is CNCc1ccncc1N1CCN(C2CCCC2)CC1. The lowest BCUT2D eigenvalue weighted by Gasteiger charge is -2.39. The predicted octanol–water partition coefficient (Wildman–Crippen LogP) is 1.87. The zero-order valence-corrected chi connectivity index (χ0v) is 12.5. The van der Waals surface area contributed by atoms with Gasteiger partial charge in [-0.3, -0.25) is 9.88 Å². The van der Waals surface area contributed by atoms with E-state index in [-0.39, 0.29) is 0 Å². The molecule has 0 atom stereocenters. The average Bonchev–Trinajstić information content (AvgIpc) is 3.03. The van der Waals surface area contributed by atoms with Gasteiger partial charge in [-0.1, -0.05) is 12.8 Å². The monoisotopic (exact) mass is 274 g/mol. The Morgan fingerprint density at radius 2 is 1.95 bits per heavy atom. The van der Waals surface area contributed by atoms with Crippen LogP contribution in [0.5, 0.6) is 0 Å². The first kappa shape index (κ1) is 13.8. The molecule has 2 heterocycles. The average molecular weight is 274 g/mol. The van der Waals surface area contributed by atoms with Crippen LogP contribution in [-0.2, 0) is 6.54 Å². The fourth-order valence-corrected chi connectivity index (χ4v) is 3.64. The molecule has 0 unspecified atom stereocenters. The van der Waals surface area contributed by atoms with Gasteiger partial charge in [0.1, 0.15) is 0 Å². The van der Waals surface area contributed by atoms with Crippen LogP contribution in [0.3, 0.4) is 0 Å². The second-order valence-electron chi connectivity index (χ2n) is 6.00. The summed E-state index contributed by atoms with van der Waals surface area (Å²) in [6.45, 7) is 5.61. The molecule has 0 radical (unpaired) electrons. The third-order valence-electron chi connectivity index (χ3n) is 4.75. The topological polar surface area (TPSA) is 31.4 Å². The molecule has 1 aromatic rings. The van der Waals surface area contributed by atoms with Gasteiger partial charge in [0.25, 0.3) is 0 Å². The van der Waals surface area contributed by atoms with Crippen molar-refractivity contribution in [2.24, 2.45) is 0 Å². The van der Waals surface area contributed by atoms with Gasteiger partial charge in [0.05, 0.1) is 11.9 Å². The lowest BCUT2D eigenvalue weighted by atomic mass is 10.1. The molecule has 2 aliphatic rings. The molecule has 1 N–H and O–H groups in total. The normalized spacial score (nSPS) is 21.6. The maximum absolute atomic E-state index is 4.32. The summed E-state index contributed by atoms with van der Waals surface area (Å²) < 4.78 is 0. The lowest BCUT2D eigenvalue weighted by Crippen LogP contribution is -2.50. The minimum Gasteiger partial charge on any atom is -0.367 e. The van der Waals surface area contributed by atoms with Crippen molar-refractivity contribution in [3.63, 3.8) is 0 Å². The molecular formula is C16H26N4. The molecule has 20 heavy (non-hydrogen) atoms. The molecule has 1 aliphatic heterocycles. The number of aromatic nitrogens is 1. The van der Waals surface area contributed by atoms with E-state index in [9.17, 15) is 0 Å². The summed E-state index contributed by atoms with van der Waals surface area (Å²) in [5, 5.41) is 3.25. The first-order valence-corrected chi connectivity index (χ1v) is 7.95. The van der Waals surface area contributed by atoms with Crippen LogP contribution < -0.4 is 10.2 Å². The van der Waals surface area contributed by atoms with E-state index in [4.69, 9.17) is 0 Å². The Kier molecular flexibility index (Phi) is 4.53. The molecule has 4 nitrogen and oxygen atoms in total. The summed E-state index contributed by atoms with van der Waals surface area (Å²) in [5.74, 6) is 0. The summed E-state index contributed by atoms with van der Waals surface area (Å²) in [5.41, 5.74) is 2.67. The van der Waals surface area contributed by atoms with Crippen molar-refractivity contribution in [3.8, 4) is 0 Å². The predicted molar refractivity (Wildman–Crippen MR) is 83.0 cm³/mol. The molecule has 2 fully saturated rings. The Labute approximate surface area is 122 Å². The van der Waals surface area contributed by atoms with Crippen molar-refractivity contribution >= 4 is 5.69 Å². The zero-order chi connectivity index (χ0) is 13.8. The highest BCUT2D eigenvalue weighted by atomic mass is 15.3. The zero-order valence-electron chi connectivity index (χ0n) is 12.5. The van der Waals surface area contributed by atoms with E-state index in [2.05, 4.69) is 26.2 Å². The van der Waals surface area contributed by atoms with Crippen molar-refractivity contribution in [2.45, 2.75) is 38.3 Å². The van der Waals surface area contributed by atoms with Crippen LogP contribution >= 0.6 is 0 Å². The minimum absolute atomic E-state index is 0.864. The van der Waals surface area contributed by atoms with Crippen LogP contribution in [0.4, 0.5) is 5.69 Å². The Bertz CT molecular complexity index is 420. The number of rotatable bonds is 4. The van der Waals surface area contributed by atoms with Gasteiger partial charge in [-0.25, -0.2) is 0 Å². The van der Waals surface area contributed by atoms with Gasteiger partial charge in [0, 0.05) is 45.0 Å². The molecule has 0 amide bonds. The molecule has 110 valence electrons. The van der Waals surface area contributed by atoms with Crippen molar-refractivity contribution in [3.05, 3.63) is 24.0 Å². The van der Waals surface area contributed by atoms with Gasteiger partial charge in [-0.05, 0) is 31.5 Å². The third kappa shape index (κ3) is 2.96. The maximum Gasteiger partial charge on any atom is 0.0599 e. The van der Waals surface area contributed by atoms with E-state index < -0.39 is 0 Å². The van der Waals surface area contributed by atoms with Crippen LogP contribution in [0.25, 0.3) is 0 Å². The Hall–Kier alpha value is -1.13. The number of nitrogens with zero attached hydrogens (tertiary/aromatic N) is 3. The lowest BCUT2D eigenvalue weighted by molar-refractivity contribution is 0.187. The van der Waals surface area contributed by atoms with Crippen molar-refractivity contribution in [2.75, 3.05) is 38.1 Å². The van der Waals surface area contributed by atoms with E-state index >= 15 is 0 Å². The van der Waals surface area contributed by atoms with Gasteiger partial charge in [-0.15, -0.1) is 0 Å². The molecule has 1 aliphatic carbocycles. The highest BCUT2D eigenvalue weighted by Gasteiger charge is 2.26. The Balaban J connectivity index is 1.62. The minimum atomic E-state index is 0.864. The fourth-order valence-electron chi connectivity index (χ4n) is 3.64. The largest absolute Gasteiger partial charge is 0.367 e. The first-order chi connectivity index (χ1) is 9.88. The summed E-state index contributed by atoms with van der Waals surface area (Å²) in [6, 6.07) is 3.00. The number of hydrogen-bond acceptors (Lipinski definition) is 4. The number of hydrogen-bond donors (Lipinski definition) is 1. The maximum atomic E-state index is 4.32. The molecule has 0 spiro atoms. The molecule has 1 saturated carbocycles. The third-order valence-corrected chi connectivity index (χ3v) is 4.75. The molecule has 1 aromatic heterocycles. The Morgan fingerprint density at radius 3 is 2.65 bits per heavy atom. The van der Waals surface area contributed by atoms with E-state index in [1.807, 2.05) is 19.4 Å². The highest BCUT2D eigenvalue weighted by Crippen LogP contribution is 2.26. The summed E-state index contributed by atoms with van der Waals surface area (Å²) in [4.78, 5) is 9.53. The molecule has 0 bridgehead atoms. The quantitative estimate of drug-likeness (QED) is 0.908. The molecular weight excluding hydrogens is 248 g/mol. The molecule has 4 heteroatoms. The second kappa shape index (κ2) is 6.55. The number of nitrogens with one attached hydrogen (secondary N) is 1. The summed E-state index contributed by atoms with van der Waals surface area (Å²) in [7, 11) is 2.00. The van der Waals surface area contributed by atoms with Gasteiger partial charge in [-0.2, -0.15) is 0 Å². The van der Waals surface area contributed by atoms with E-state index in [1.165, 1.54) is 50.0 Å². The van der Waals surface area contributed by atoms with Crippen LogP contribution in [0, 0.1) is 0 Å². The van der Waals surface area contributed by atoms with Crippen LogP contribution in [0.15, 0.2) is 18.5 Å². The van der Waals surface area contributed by atoms with Crippen LogP contribution in [0.2, 0.25) is 0 Å². The van der Waals surface area contributed by atoms with Gasteiger partial charge >= 0.3 is 0 Å². The molecule has 0 aromatic carbocycles. The second-order valence-corrected chi connectivity index (χ2v) is 6.00. The molecule has 3 rings (SSSR count). The van der Waals surface area contributed by atoms with Crippen molar-refractivity contribution in [1.29, 1.82) is 0 Å². The van der Waals surface area contributed by atoms with E-state index in [0.717, 1.165) is 25.7 Å². The number of pyridine rings is 1. The van der Waals surface area contributed by atoms with Crippen molar-refractivity contribution < 1.29 is 0 Å². The van der Waals surface area contributed by atoms with Crippen LogP contribution in [-0.4, -0.2) is 49.2 Å². The van der Waals surface area contributed by atoms with Gasteiger partial charge < -0.3 is 10.2 Å². The molecule has 1 saturated heterocycles. The fraction of sp³-hybridized carbons (Fsp3) is 0.688. The van der Waals surface area contributed by atoms with Gasteiger partial charge in [0.2, 0.25) is 0 Å². The first-order valence-electron chi connectivity index (χ1n) is 7.95. The standard InChI is InChI=1S/C16H26N4/c1-17-12-14-6-7-18-13-16(14)20-10-8-19(9-11-20)15-4-2-3-5-15/h6-7,13,15,17H,2-5,8-12H2,1H3.